The van der Waals surface area contributed by atoms with Crippen molar-refractivity contribution in [3.8, 4) is 0 Å². The van der Waals surface area contributed by atoms with Gasteiger partial charge in [-0.3, -0.25) is 13.9 Å². The molecule has 1 N–H and O–H groups in total. The average Bonchev–Trinajstić information content (AvgIpc) is 2.70. The average molecular weight is 500 g/mol. The van der Waals surface area contributed by atoms with Crippen LogP contribution in [0, 0.1) is 0 Å². The number of halogens is 2. The molecule has 2 amide bonds. The molecule has 0 heterocycles. The van der Waals surface area contributed by atoms with Gasteiger partial charge < -0.3 is 10.2 Å². The molecule has 10 heteroatoms. The minimum absolute atomic E-state index is 0.0450. The fourth-order valence-electron chi connectivity index (χ4n) is 3.02. The second-order valence-corrected chi connectivity index (χ2v) is 10.4. The van der Waals surface area contributed by atoms with Gasteiger partial charge >= 0.3 is 0 Å². The molecule has 0 fully saturated rings. The van der Waals surface area contributed by atoms with Gasteiger partial charge in [-0.15, -0.1) is 0 Å². The van der Waals surface area contributed by atoms with Crippen LogP contribution in [0.5, 0.6) is 0 Å². The van der Waals surface area contributed by atoms with Crippen molar-refractivity contribution < 1.29 is 18.0 Å². The van der Waals surface area contributed by atoms with E-state index < -0.39 is 28.5 Å². The van der Waals surface area contributed by atoms with Gasteiger partial charge in [0.05, 0.1) is 11.9 Å². The van der Waals surface area contributed by atoms with Crippen LogP contribution < -0.4 is 9.62 Å². The number of nitrogens with one attached hydrogen (secondary N) is 1. The number of benzene rings is 2. The lowest BCUT2D eigenvalue weighted by atomic mass is 10.1. The van der Waals surface area contributed by atoms with Crippen molar-refractivity contribution in [1.29, 1.82) is 0 Å². The topological polar surface area (TPSA) is 86.8 Å². The molecule has 32 heavy (non-hydrogen) atoms. The van der Waals surface area contributed by atoms with Crippen LogP contribution >= 0.6 is 23.2 Å². The molecular formula is C22H27Cl2N3O4S. The molecule has 1 unspecified atom stereocenters. The first kappa shape index (κ1) is 26.0. The van der Waals surface area contributed by atoms with E-state index in [1.165, 1.54) is 17.0 Å². The summed E-state index contributed by atoms with van der Waals surface area (Å²) in [5.41, 5.74) is 0.936. The van der Waals surface area contributed by atoms with Gasteiger partial charge in [-0.1, -0.05) is 41.4 Å². The van der Waals surface area contributed by atoms with Crippen LogP contribution in [-0.4, -0.2) is 50.0 Å². The normalized spacial score (nSPS) is 12.3. The lowest BCUT2D eigenvalue weighted by Gasteiger charge is -2.32. The van der Waals surface area contributed by atoms with Crippen LogP contribution in [0.3, 0.4) is 0 Å². The van der Waals surface area contributed by atoms with E-state index in [4.69, 9.17) is 23.2 Å². The predicted molar refractivity (Wildman–Crippen MR) is 128 cm³/mol. The molecule has 2 aromatic rings. The molecule has 0 spiro atoms. The number of nitrogens with zero attached hydrogens (tertiary/aromatic N) is 2. The van der Waals surface area contributed by atoms with Crippen LogP contribution in [0.15, 0.2) is 48.5 Å². The molecule has 0 aliphatic carbocycles. The van der Waals surface area contributed by atoms with E-state index in [0.29, 0.717) is 21.3 Å². The molecule has 0 aliphatic rings. The Balaban J connectivity index is 2.39. The van der Waals surface area contributed by atoms with Gasteiger partial charge in [0.15, 0.2) is 0 Å². The highest BCUT2D eigenvalue weighted by molar-refractivity contribution is 7.92. The molecular weight excluding hydrogens is 473 g/mol. The monoisotopic (exact) mass is 499 g/mol. The molecule has 0 saturated heterocycles. The maximum Gasteiger partial charge on any atom is 0.244 e. The van der Waals surface area contributed by atoms with E-state index in [-0.39, 0.29) is 18.5 Å². The van der Waals surface area contributed by atoms with E-state index in [2.05, 4.69) is 5.32 Å². The summed E-state index contributed by atoms with van der Waals surface area (Å²) in [5, 5.41) is 3.67. The number of sulfonamides is 1. The van der Waals surface area contributed by atoms with Gasteiger partial charge in [0.1, 0.15) is 12.6 Å². The van der Waals surface area contributed by atoms with Gasteiger partial charge in [0.25, 0.3) is 0 Å². The van der Waals surface area contributed by atoms with Crippen molar-refractivity contribution in [2.45, 2.75) is 39.4 Å². The fourth-order valence-corrected chi connectivity index (χ4v) is 4.19. The van der Waals surface area contributed by atoms with Crippen LogP contribution in [0.2, 0.25) is 10.0 Å². The van der Waals surface area contributed by atoms with E-state index in [1.807, 2.05) is 13.8 Å². The van der Waals surface area contributed by atoms with E-state index in [0.717, 1.165) is 10.6 Å². The van der Waals surface area contributed by atoms with Crippen molar-refractivity contribution >= 4 is 50.7 Å². The smallest absolute Gasteiger partial charge is 0.244 e. The highest BCUT2D eigenvalue weighted by Crippen LogP contribution is 2.22. The van der Waals surface area contributed by atoms with Crippen LogP contribution in [0.4, 0.5) is 5.69 Å². The molecule has 0 bridgehead atoms. The summed E-state index contributed by atoms with van der Waals surface area (Å²) in [6.45, 7) is 4.79. The molecule has 2 rings (SSSR count). The zero-order chi connectivity index (χ0) is 24.1. The fraction of sp³-hybridized carbons (Fsp3) is 0.364. The van der Waals surface area contributed by atoms with Crippen molar-refractivity contribution in [2.75, 3.05) is 17.1 Å². The van der Waals surface area contributed by atoms with Gasteiger partial charge in [-0.2, -0.15) is 0 Å². The van der Waals surface area contributed by atoms with Crippen LogP contribution in [0.25, 0.3) is 0 Å². The third kappa shape index (κ3) is 7.12. The first-order chi connectivity index (χ1) is 14.9. The Hall–Kier alpha value is -2.29. The summed E-state index contributed by atoms with van der Waals surface area (Å²) in [5.74, 6) is -0.894. The maximum absolute atomic E-state index is 13.4. The van der Waals surface area contributed by atoms with Gasteiger partial charge in [0, 0.05) is 22.6 Å². The summed E-state index contributed by atoms with van der Waals surface area (Å²) in [6.07, 6.45) is 1.02. The number of amides is 2. The van der Waals surface area contributed by atoms with Crippen LogP contribution in [0.1, 0.15) is 26.3 Å². The number of carbonyl (C=O) groups is 2. The Morgan fingerprint density at radius 2 is 1.59 bits per heavy atom. The second-order valence-electron chi connectivity index (χ2n) is 7.70. The summed E-state index contributed by atoms with van der Waals surface area (Å²) in [4.78, 5) is 27.4. The van der Waals surface area contributed by atoms with Gasteiger partial charge in [0.2, 0.25) is 21.8 Å². The Kier molecular flexibility index (Phi) is 8.95. The number of hydrogen-bond donors (Lipinski definition) is 1. The molecule has 0 aromatic heterocycles. The third-order valence-corrected chi connectivity index (χ3v) is 6.45. The SMILES string of the molecule is CC(C)NC(=O)C(C)N(Cc1ccccc1Cl)C(=O)CN(c1ccc(Cl)cc1)S(C)(=O)=O. The van der Waals surface area contributed by atoms with Crippen molar-refractivity contribution in [1.82, 2.24) is 10.2 Å². The van der Waals surface area contributed by atoms with Gasteiger partial charge in [-0.05, 0) is 56.7 Å². The van der Waals surface area contributed by atoms with Crippen molar-refractivity contribution in [3.63, 3.8) is 0 Å². The first-order valence-electron chi connectivity index (χ1n) is 9.96. The standard InChI is InChI=1S/C22H27Cl2N3O4S/c1-15(2)25-22(29)16(3)26(13-17-7-5-6-8-20(17)24)21(28)14-27(32(4,30)31)19-11-9-18(23)10-12-19/h5-12,15-16H,13-14H2,1-4H3,(H,25,29). The number of hydrogen-bond acceptors (Lipinski definition) is 4. The Morgan fingerprint density at radius 1 is 1.00 bits per heavy atom. The van der Waals surface area contributed by atoms with E-state index in [9.17, 15) is 18.0 Å². The predicted octanol–water partition coefficient (Wildman–Crippen LogP) is 3.70. The number of rotatable bonds is 9. The molecule has 1 atom stereocenters. The van der Waals surface area contributed by atoms with Crippen LogP contribution in [-0.2, 0) is 26.2 Å². The zero-order valence-corrected chi connectivity index (χ0v) is 20.7. The first-order valence-corrected chi connectivity index (χ1v) is 12.6. The second kappa shape index (κ2) is 11.0. The molecule has 7 nitrogen and oxygen atoms in total. The Bertz CT molecular complexity index is 1060. The number of anilines is 1. The largest absolute Gasteiger partial charge is 0.352 e. The molecule has 0 saturated carbocycles. The molecule has 2 aromatic carbocycles. The molecule has 174 valence electrons. The molecule has 0 aliphatic heterocycles. The highest BCUT2D eigenvalue weighted by Gasteiger charge is 2.30. The summed E-state index contributed by atoms with van der Waals surface area (Å²) >= 11 is 12.2. The summed E-state index contributed by atoms with van der Waals surface area (Å²) in [7, 11) is -3.79. The summed E-state index contributed by atoms with van der Waals surface area (Å²) < 4.78 is 25.9. The lowest BCUT2D eigenvalue weighted by molar-refractivity contribution is -0.139. The van der Waals surface area contributed by atoms with Crippen molar-refractivity contribution in [3.05, 3.63) is 64.1 Å². The van der Waals surface area contributed by atoms with Crippen molar-refractivity contribution in [2.24, 2.45) is 0 Å². The lowest BCUT2D eigenvalue weighted by Crippen LogP contribution is -2.52. The Morgan fingerprint density at radius 3 is 2.12 bits per heavy atom. The van der Waals surface area contributed by atoms with Gasteiger partial charge in [-0.25, -0.2) is 8.42 Å². The minimum atomic E-state index is -3.79. The van der Waals surface area contributed by atoms with E-state index >= 15 is 0 Å². The quantitative estimate of drug-likeness (QED) is 0.569. The zero-order valence-electron chi connectivity index (χ0n) is 18.4. The molecule has 0 radical (unpaired) electrons. The maximum atomic E-state index is 13.4. The third-order valence-electron chi connectivity index (χ3n) is 4.69. The minimum Gasteiger partial charge on any atom is -0.352 e. The number of carbonyl (C=O) groups excluding carboxylic acids is 2. The highest BCUT2D eigenvalue weighted by atomic mass is 35.5. The Labute approximate surface area is 199 Å². The summed E-state index contributed by atoms with van der Waals surface area (Å²) in [6, 6.07) is 12.1. The van der Waals surface area contributed by atoms with E-state index in [1.54, 1.807) is 43.3 Å².